The number of nitrogens with two attached hydrogens (primary N) is 1. The van der Waals surface area contributed by atoms with E-state index in [1.165, 1.54) is 0 Å². The van der Waals surface area contributed by atoms with E-state index in [1.54, 1.807) is 4.90 Å². The molecule has 1 amide bonds. The Morgan fingerprint density at radius 1 is 1.53 bits per heavy atom. The fraction of sp³-hybridized carbons (Fsp3) is 0.667. The Hall–Kier alpha value is -0.910. The normalized spacial score (nSPS) is 16.9. The van der Waals surface area contributed by atoms with Crippen LogP contribution >= 0.6 is 16.1 Å². The Morgan fingerprint density at radius 2 is 2.13 bits per heavy atom. The highest BCUT2D eigenvalue weighted by atomic mass is 79.9. The second-order valence-electron chi connectivity index (χ2n) is 4.43. The fourth-order valence-electron chi connectivity index (χ4n) is 1.20. The maximum Gasteiger partial charge on any atom is 0.410 e. The molecule has 0 radical (unpaired) electrons. The van der Waals surface area contributed by atoms with Crippen LogP contribution in [0.15, 0.2) is 11.4 Å². The molecule has 0 aromatic heterocycles. The standard InChI is InChI=1S/C9H16BrN3O2/c1-9(2,3)15-8(14)13-4-6(11)7(5-13)12-10/h12H,4-5,11H2,1-3H3. The van der Waals surface area contributed by atoms with Crippen molar-refractivity contribution in [2.24, 2.45) is 5.73 Å². The lowest BCUT2D eigenvalue weighted by molar-refractivity contribution is 0.0298. The van der Waals surface area contributed by atoms with Crippen LogP contribution in [0.25, 0.3) is 0 Å². The van der Waals surface area contributed by atoms with E-state index in [-0.39, 0.29) is 6.09 Å². The highest BCUT2D eigenvalue weighted by molar-refractivity contribution is 9.08. The molecule has 1 heterocycles. The molecule has 1 aliphatic heterocycles. The van der Waals surface area contributed by atoms with Crippen molar-refractivity contribution in [1.82, 2.24) is 9.24 Å². The highest BCUT2D eigenvalue weighted by Crippen LogP contribution is 2.16. The van der Waals surface area contributed by atoms with Gasteiger partial charge in [-0.1, -0.05) is 0 Å². The molecule has 0 saturated heterocycles. The third-order valence-corrected chi connectivity index (χ3v) is 2.34. The van der Waals surface area contributed by atoms with Crippen molar-refractivity contribution in [2.45, 2.75) is 26.4 Å². The van der Waals surface area contributed by atoms with E-state index in [2.05, 4.69) is 20.5 Å². The number of ether oxygens (including phenoxy) is 1. The average molecular weight is 278 g/mol. The third kappa shape index (κ3) is 3.30. The molecule has 0 atom stereocenters. The van der Waals surface area contributed by atoms with Gasteiger partial charge < -0.3 is 14.8 Å². The molecule has 0 unspecified atom stereocenters. The molecule has 0 aromatic rings. The number of halogens is 1. The molecule has 5 nitrogen and oxygen atoms in total. The first-order valence-corrected chi connectivity index (χ1v) is 5.45. The summed E-state index contributed by atoms with van der Waals surface area (Å²) in [5.41, 5.74) is 6.70. The van der Waals surface area contributed by atoms with Crippen LogP contribution in [-0.4, -0.2) is 29.7 Å². The summed E-state index contributed by atoms with van der Waals surface area (Å²) in [7, 11) is 0. The van der Waals surface area contributed by atoms with Crippen molar-refractivity contribution >= 4 is 22.2 Å². The van der Waals surface area contributed by atoms with Crippen molar-refractivity contribution in [1.29, 1.82) is 0 Å². The van der Waals surface area contributed by atoms with Gasteiger partial charge in [-0.3, -0.25) is 4.90 Å². The monoisotopic (exact) mass is 277 g/mol. The lowest BCUT2D eigenvalue weighted by Crippen LogP contribution is -2.36. The molecule has 1 aliphatic rings. The zero-order valence-corrected chi connectivity index (χ0v) is 10.7. The Labute approximate surface area is 98.0 Å². The van der Waals surface area contributed by atoms with E-state index >= 15 is 0 Å². The minimum atomic E-state index is -0.476. The third-order valence-electron chi connectivity index (χ3n) is 1.86. The van der Waals surface area contributed by atoms with E-state index in [9.17, 15) is 4.79 Å². The molecule has 1 rings (SSSR count). The van der Waals surface area contributed by atoms with Crippen LogP contribution in [0, 0.1) is 0 Å². The first-order valence-electron chi connectivity index (χ1n) is 4.65. The Balaban J connectivity index is 2.54. The molecule has 6 heteroatoms. The predicted molar refractivity (Wildman–Crippen MR) is 61.1 cm³/mol. The molecule has 3 N–H and O–H groups in total. The van der Waals surface area contributed by atoms with Gasteiger partial charge in [0, 0.05) is 21.8 Å². The topological polar surface area (TPSA) is 67.6 Å². The maximum absolute atomic E-state index is 11.6. The van der Waals surface area contributed by atoms with Crippen LogP contribution in [-0.2, 0) is 4.74 Å². The minimum absolute atomic E-state index is 0.344. The second-order valence-corrected chi connectivity index (χ2v) is 4.83. The lowest BCUT2D eigenvalue weighted by Gasteiger charge is -2.24. The van der Waals surface area contributed by atoms with E-state index in [4.69, 9.17) is 10.5 Å². The zero-order chi connectivity index (χ0) is 11.6. The van der Waals surface area contributed by atoms with Crippen LogP contribution in [0.1, 0.15) is 20.8 Å². The minimum Gasteiger partial charge on any atom is -0.444 e. The molecular formula is C9H16BrN3O2. The van der Waals surface area contributed by atoms with Gasteiger partial charge in [-0.05, 0) is 20.8 Å². The fourth-order valence-corrected chi connectivity index (χ4v) is 1.58. The number of rotatable bonds is 1. The molecule has 0 spiro atoms. The molecule has 0 fully saturated rings. The number of amides is 1. The number of nitrogens with zero attached hydrogens (tertiary/aromatic N) is 1. The summed E-state index contributed by atoms with van der Waals surface area (Å²) in [4.78, 5) is 13.2. The van der Waals surface area contributed by atoms with Crippen LogP contribution in [0.3, 0.4) is 0 Å². The van der Waals surface area contributed by atoms with Crippen LogP contribution in [0.4, 0.5) is 4.79 Å². The van der Waals surface area contributed by atoms with E-state index in [0.29, 0.717) is 18.8 Å². The number of carbonyl (C=O) groups excluding carboxylic acids is 1. The highest BCUT2D eigenvalue weighted by Gasteiger charge is 2.28. The lowest BCUT2D eigenvalue weighted by atomic mass is 10.2. The Kier molecular flexibility index (Phi) is 3.49. The van der Waals surface area contributed by atoms with Crippen LogP contribution in [0.5, 0.6) is 0 Å². The van der Waals surface area contributed by atoms with E-state index in [1.807, 2.05) is 20.8 Å². The summed E-state index contributed by atoms with van der Waals surface area (Å²) in [6.07, 6.45) is -0.344. The van der Waals surface area contributed by atoms with Gasteiger partial charge >= 0.3 is 6.09 Å². The van der Waals surface area contributed by atoms with Crippen LogP contribution in [0.2, 0.25) is 0 Å². The van der Waals surface area contributed by atoms with Crippen molar-refractivity contribution in [3.63, 3.8) is 0 Å². The quantitative estimate of drug-likeness (QED) is 0.710. The Bertz CT molecular complexity index is 296. The molecule has 86 valence electrons. The molecule has 15 heavy (non-hydrogen) atoms. The number of hydrogen-bond acceptors (Lipinski definition) is 4. The molecule has 0 aromatic carbocycles. The molecule has 0 saturated carbocycles. The number of hydrogen-bond donors (Lipinski definition) is 2. The largest absolute Gasteiger partial charge is 0.444 e. The molecular weight excluding hydrogens is 262 g/mol. The van der Waals surface area contributed by atoms with Gasteiger partial charge in [0.15, 0.2) is 0 Å². The Morgan fingerprint density at radius 3 is 2.53 bits per heavy atom. The van der Waals surface area contributed by atoms with Gasteiger partial charge in [0.2, 0.25) is 0 Å². The summed E-state index contributed by atoms with van der Waals surface area (Å²) < 4.78 is 8.00. The van der Waals surface area contributed by atoms with Crippen LogP contribution < -0.4 is 10.1 Å². The second kappa shape index (κ2) is 4.30. The number of carbonyl (C=O) groups is 1. The predicted octanol–water partition coefficient (Wildman–Crippen LogP) is 1.31. The van der Waals surface area contributed by atoms with Gasteiger partial charge in [-0.2, -0.15) is 0 Å². The first kappa shape index (κ1) is 12.2. The first-order chi connectivity index (χ1) is 6.83. The van der Waals surface area contributed by atoms with Gasteiger partial charge in [0.25, 0.3) is 0 Å². The van der Waals surface area contributed by atoms with Crippen molar-refractivity contribution < 1.29 is 9.53 Å². The molecule has 0 aliphatic carbocycles. The van der Waals surface area contributed by atoms with Gasteiger partial charge in [-0.15, -0.1) is 0 Å². The number of nitrogens with one attached hydrogen (secondary N) is 1. The maximum atomic E-state index is 11.6. The van der Waals surface area contributed by atoms with Crippen molar-refractivity contribution in [3.05, 3.63) is 11.4 Å². The summed E-state index contributed by atoms with van der Waals surface area (Å²) in [6.45, 7) is 6.36. The van der Waals surface area contributed by atoms with E-state index < -0.39 is 5.60 Å². The SMILES string of the molecule is CC(C)(C)OC(=O)N1CC(N)=C(NBr)C1. The van der Waals surface area contributed by atoms with Crippen molar-refractivity contribution in [3.8, 4) is 0 Å². The summed E-state index contributed by atoms with van der Waals surface area (Å²) in [6, 6.07) is 0. The zero-order valence-electron chi connectivity index (χ0n) is 9.13. The van der Waals surface area contributed by atoms with Gasteiger partial charge in [0.1, 0.15) is 5.60 Å². The smallest absolute Gasteiger partial charge is 0.410 e. The van der Waals surface area contributed by atoms with E-state index in [0.717, 1.165) is 5.70 Å². The van der Waals surface area contributed by atoms with Crippen molar-refractivity contribution in [2.75, 3.05) is 13.1 Å². The average Bonchev–Trinajstić information content (AvgIpc) is 2.43. The summed E-state index contributed by atoms with van der Waals surface area (Å²) in [5, 5.41) is 0. The molecule has 0 bridgehead atoms. The summed E-state index contributed by atoms with van der Waals surface area (Å²) >= 11 is 3.09. The summed E-state index contributed by atoms with van der Waals surface area (Å²) in [5.74, 6) is 0. The van der Waals surface area contributed by atoms with Gasteiger partial charge in [0.05, 0.1) is 18.8 Å². The van der Waals surface area contributed by atoms with Gasteiger partial charge in [-0.25, -0.2) is 4.79 Å².